The topological polar surface area (TPSA) is 18.5 Å². The third-order valence-electron chi connectivity index (χ3n) is 2.79. The lowest BCUT2D eigenvalue weighted by atomic mass is 10.00. The van der Waals surface area contributed by atoms with Gasteiger partial charge in [0, 0.05) is 11.1 Å². The first kappa shape index (κ1) is 14.9. The number of methoxy groups -OCH3 is 2. The first-order valence-corrected chi connectivity index (χ1v) is 6.57. The number of hydrogen-bond acceptors (Lipinski definition) is 2. The fourth-order valence-electron chi connectivity index (χ4n) is 1.84. The molecule has 1 unspecified atom stereocenters. The van der Waals surface area contributed by atoms with E-state index in [1.165, 1.54) is 0 Å². The molecule has 3 heteroatoms. The zero-order valence-electron chi connectivity index (χ0n) is 11.5. The van der Waals surface area contributed by atoms with Gasteiger partial charge in [-0.05, 0) is 30.4 Å². The molecule has 0 amide bonds. The molecule has 1 aromatic rings. The van der Waals surface area contributed by atoms with Gasteiger partial charge in [-0.1, -0.05) is 37.6 Å². The highest BCUT2D eigenvalue weighted by molar-refractivity contribution is 6.31. The fourth-order valence-corrected chi connectivity index (χ4v) is 2.07. The molecule has 0 aliphatic heterocycles. The van der Waals surface area contributed by atoms with E-state index in [0.717, 1.165) is 29.2 Å². The van der Waals surface area contributed by atoms with Crippen LogP contribution in [0.25, 0.3) is 0 Å². The smallest absolute Gasteiger partial charge is 0.162 e. The van der Waals surface area contributed by atoms with Crippen LogP contribution >= 0.6 is 11.6 Å². The Balaban J connectivity index is 2.92. The standard InChI is InChI=1S/C15H21ClO2/c1-5-6-7-11(2)8-12-9-14(17-3)15(18-4)10-13(12)16/h6-7,9-11H,5,8H2,1-4H3/b7-6-. The lowest BCUT2D eigenvalue weighted by molar-refractivity contribution is 0.354. The average Bonchev–Trinajstić information content (AvgIpc) is 2.38. The van der Waals surface area contributed by atoms with Gasteiger partial charge in [-0.2, -0.15) is 0 Å². The summed E-state index contributed by atoms with van der Waals surface area (Å²) in [6.45, 7) is 4.31. The van der Waals surface area contributed by atoms with Crippen molar-refractivity contribution in [1.82, 2.24) is 0 Å². The van der Waals surface area contributed by atoms with Crippen molar-refractivity contribution in [2.24, 2.45) is 5.92 Å². The second-order valence-corrected chi connectivity index (χ2v) is 4.72. The van der Waals surface area contributed by atoms with Crippen LogP contribution in [0.4, 0.5) is 0 Å². The zero-order chi connectivity index (χ0) is 13.5. The normalized spacial score (nSPS) is 12.7. The van der Waals surface area contributed by atoms with Crippen molar-refractivity contribution >= 4 is 11.6 Å². The van der Waals surface area contributed by atoms with Crippen molar-refractivity contribution < 1.29 is 9.47 Å². The molecule has 0 N–H and O–H groups in total. The van der Waals surface area contributed by atoms with Crippen LogP contribution in [0.3, 0.4) is 0 Å². The summed E-state index contributed by atoms with van der Waals surface area (Å²) in [7, 11) is 3.25. The molecule has 18 heavy (non-hydrogen) atoms. The minimum atomic E-state index is 0.459. The van der Waals surface area contributed by atoms with Crippen LogP contribution < -0.4 is 9.47 Å². The molecule has 0 spiro atoms. The molecule has 0 bridgehead atoms. The van der Waals surface area contributed by atoms with Crippen molar-refractivity contribution in [3.05, 3.63) is 34.9 Å². The number of allylic oxidation sites excluding steroid dienone is 2. The lowest BCUT2D eigenvalue weighted by Crippen LogP contribution is -1.99. The van der Waals surface area contributed by atoms with E-state index in [1.807, 2.05) is 12.1 Å². The summed E-state index contributed by atoms with van der Waals surface area (Å²) >= 11 is 6.26. The summed E-state index contributed by atoms with van der Waals surface area (Å²) < 4.78 is 10.5. The van der Waals surface area contributed by atoms with Crippen molar-refractivity contribution in [3.8, 4) is 11.5 Å². The molecular formula is C15H21ClO2. The van der Waals surface area contributed by atoms with Gasteiger partial charge in [0.2, 0.25) is 0 Å². The number of rotatable bonds is 6. The number of halogens is 1. The molecular weight excluding hydrogens is 248 g/mol. The minimum Gasteiger partial charge on any atom is -0.493 e. The van der Waals surface area contributed by atoms with Crippen LogP contribution in [0.1, 0.15) is 25.8 Å². The van der Waals surface area contributed by atoms with E-state index in [-0.39, 0.29) is 0 Å². The van der Waals surface area contributed by atoms with E-state index in [2.05, 4.69) is 26.0 Å². The van der Waals surface area contributed by atoms with Crippen LogP contribution in [-0.4, -0.2) is 14.2 Å². The van der Waals surface area contributed by atoms with Gasteiger partial charge in [-0.3, -0.25) is 0 Å². The van der Waals surface area contributed by atoms with E-state index >= 15 is 0 Å². The average molecular weight is 269 g/mol. The maximum Gasteiger partial charge on any atom is 0.162 e. The molecule has 1 rings (SSSR count). The third-order valence-corrected chi connectivity index (χ3v) is 3.15. The maximum absolute atomic E-state index is 6.26. The molecule has 0 saturated carbocycles. The van der Waals surface area contributed by atoms with Gasteiger partial charge in [0.25, 0.3) is 0 Å². The first-order chi connectivity index (χ1) is 8.62. The monoisotopic (exact) mass is 268 g/mol. The highest BCUT2D eigenvalue weighted by Crippen LogP contribution is 2.34. The summed E-state index contributed by atoms with van der Waals surface area (Å²) in [5.41, 5.74) is 1.09. The third kappa shape index (κ3) is 3.95. The molecule has 0 saturated heterocycles. The van der Waals surface area contributed by atoms with Crippen molar-refractivity contribution in [2.75, 3.05) is 14.2 Å². The van der Waals surface area contributed by atoms with Crippen LogP contribution in [-0.2, 0) is 6.42 Å². The summed E-state index contributed by atoms with van der Waals surface area (Å²) in [5.74, 6) is 1.85. The quantitative estimate of drug-likeness (QED) is 0.707. The number of ether oxygens (including phenoxy) is 2. The molecule has 100 valence electrons. The van der Waals surface area contributed by atoms with E-state index in [9.17, 15) is 0 Å². The van der Waals surface area contributed by atoms with Crippen molar-refractivity contribution in [3.63, 3.8) is 0 Å². The Bertz CT molecular complexity index is 413. The highest BCUT2D eigenvalue weighted by atomic mass is 35.5. The summed E-state index contributed by atoms with van der Waals surface area (Å²) in [4.78, 5) is 0. The van der Waals surface area contributed by atoms with E-state index < -0.39 is 0 Å². The predicted octanol–water partition coefficient (Wildman–Crippen LogP) is 4.50. The Kier molecular flexibility index (Phi) is 6.06. The Hall–Kier alpha value is -1.15. The Morgan fingerprint density at radius 2 is 1.83 bits per heavy atom. The molecule has 0 aliphatic rings. The highest BCUT2D eigenvalue weighted by Gasteiger charge is 2.11. The Morgan fingerprint density at radius 3 is 2.39 bits per heavy atom. The predicted molar refractivity (Wildman–Crippen MR) is 76.9 cm³/mol. The second-order valence-electron chi connectivity index (χ2n) is 4.32. The minimum absolute atomic E-state index is 0.459. The van der Waals surface area contributed by atoms with Gasteiger partial charge in [-0.25, -0.2) is 0 Å². The van der Waals surface area contributed by atoms with E-state index in [0.29, 0.717) is 11.7 Å². The molecule has 1 aromatic carbocycles. The molecule has 0 radical (unpaired) electrons. The van der Waals surface area contributed by atoms with Crippen LogP contribution in [0.5, 0.6) is 11.5 Å². The van der Waals surface area contributed by atoms with Gasteiger partial charge in [0.05, 0.1) is 14.2 Å². The Labute approximate surface area is 115 Å². The lowest BCUT2D eigenvalue weighted by Gasteiger charge is -2.13. The van der Waals surface area contributed by atoms with Crippen LogP contribution in [0.2, 0.25) is 5.02 Å². The summed E-state index contributed by atoms with van der Waals surface area (Å²) in [5, 5.41) is 0.726. The van der Waals surface area contributed by atoms with E-state index in [4.69, 9.17) is 21.1 Å². The SMILES string of the molecule is CC/C=C\C(C)Cc1cc(OC)c(OC)cc1Cl. The van der Waals surface area contributed by atoms with Gasteiger partial charge < -0.3 is 9.47 Å². The number of hydrogen-bond donors (Lipinski definition) is 0. The summed E-state index contributed by atoms with van der Waals surface area (Å²) in [6, 6.07) is 3.77. The molecule has 1 atom stereocenters. The van der Waals surface area contributed by atoms with E-state index in [1.54, 1.807) is 14.2 Å². The maximum atomic E-state index is 6.26. The van der Waals surface area contributed by atoms with Gasteiger partial charge in [0.15, 0.2) is 11.5 Å². The van der Waals surface area contributed by atoms with Crippen molar-refractivity contribution in [2.45, 2.75) is 26.7 Å². The fraction of sp³-hybridized carbons (Fsp3) is 0.467. The molecule has 0 aliphatic carbocycles. The largest absolute Gasteiger partial charge is 0.493 e. The molecule has 0 aromatic heterocycles. The molecule has 0 fully saturated rings. The first-order valence-electron chi connectivity index (χ1n) is 6.19. The molecule has 2 nitrogen and oxygen atoms in total. The van der Waals surface area contributed by atoms with Crippen LogP contribution in [0.15, 0.2) is 24.3 Å². The van der Waals surface area contributed by atoms with Crippen LogP contribution in [0, 0.1) is 5.92 Å². The van der Waals surface area contributed by atoms with Gasteiger partial charge in [-0.15, -0.1) is 0 Å². The van der Waals surface area contributed by atoms with Crippen molar-refractivity contribution in [1.29, 1.82) is 0 Å². The zero-order valence-corrected chi connectivity index (χ0v) is 12.3. The second kappa shape index (κ2) is 7.32. The van der Waals surface area contributed by atoms with Gasteiger partial charge >= 0.3 is 0 Å². The molecule has 0 heterocycles. The summed E-state index contributed by atoms with van der Waals surface area (Å²) in [6.07, 6.45) is 6.35. The number of benzene rings is 1. The van der Waals surface area contributed by atoms with Gasteiger partial charge in [0.1, 0.15) is 0 Å². The Morgan fingerprint density at radius 1 is 1.22 bits per heavy atom.